The number of nitrogens with one attached hydrogen (secondary N) is 2. The fourth-order valence-electron chi connectivity index (χ4n) is 3.32. The van der Waals surface area contributed by atoms with Crippen molar-refractivity contribution in [3.05, 3.63) is 61.0 Å². The van der Waals surface area contributed by atoms with Crippen LogP contribution in [0.5, 0.6) is 0 Å². The van der Waals surface area contributed by atoms with Gasteiger partial charge in [-0.25, -0.2) is 9.78 Å². The average molecular weight is 387 g/mol. The molecule has 1 amide bonds. The molecule has 28 heavy (non-hydrogen) atoms. The number of piperidine rings is 1. The molecule has 0 atom stereocenters. The number of nitrogens with zero attached hydrogens (tertiary/aromatic N) is 3. The van der Waals surface area contributed by atoms with Gasteiger partial charge >= 0.3 is 5.69 Å². The van der Waals surface area contributed by atoms with Gasteiger partial charge in [0.05, 0.1) is 12.0 Å². The number of hydrogen-bond donors (Lipinski definition) is 2. The van der Waals surface area contributed by atoms with Gasteiger partial charge in [-0.05, 0) is 18.8 Å². The topological polar surface area (TPSA) is 121 Å². The number of likely N-dealkylation sites (tertiary alicyclic amines) is 1. The molecule has 2 N–H and O–H groups in total. The van der Waals surface area contributed by atoms with E-state index in [1.54, 1.807) is 21.9 Å². The van der Waals surface area contributed by atoms with Crippen molar-refractivity contribution in [2.45, 2.75) is 45.6 Å². The lowest BCUT2D eigenvalue weighted by Crippen LogP contribution is -2.41. The summed E-state index contributed by atoms with van der Waals surface area (Å²) in [6, 6.07) is 2.68. The predicted octanol–water partition coefficient (Wildman–Crippen LogP) is 0.470. The van der Waals surface area contributed by atoms with E-state index < -0.39 is 11.2 Å². The number of rotatable bonds is 3. The molecular formula is C19H25N5O4. The minimum absolute atomic E-state index is 0.00890. The predicted molar refractivity (Wildman–Crippen MR) is 104 cm³/mol. The van der Waals surface area contributed by atoms with Crippen LogP contribution in [0.25, 0.3) is 0 Å². The Bertz CT molecular complexity index is 1010. The molecule has 3 heterocycles. The number of H-pyrrole nitrogens is 2. The highest BCUT2D eigenvalue weighted by Gasteiger charge is 2.25. The first-order chi connectivity index (χ1) is 13.1. The second-order valence-electron chi connectivity index (χ2n) is 8.25. The molecule has 0 spiro atoms. The van der Waals surface area contributed by atoms with Crippen molar-refractivity contribution >= 4 is 5.91 Å². The maximum atomic E-state index is 12.5. The molecule has 1 saturated heterocycles. The molecule has 2 aromatic heterocycles. The van der Waals surface area contributed by atoms with Crippen molar-refractivity contribution in [3.63, 3.8) is 0 Å². The Balaban J connectivity index is 1.63. The Morgan fingerprint density at radius 1 is 1.14 bits per heavy atom. The van der Waals surface area contributed by atoms with E-state index in [4.69, 9.17) is 0 Å². The molecule has 3 rings (SSSR count). The molecule has 0 unspecified atom stereocenters. The first kappa shape index (κ1) is 19.8. The molecule has 0 radical (unpaired) electrons. The van der Waals surface area contributed by atoms with Crippen LogP contribution in [0.4, 0.5) is 0 Å². The lowest BCUT2D eigenvalue weighted by molar-refractivity contribution is 0.0675. The first-order valence-corrected chi connectivity index (χ1v) is 9.33. The van der Waals surface area contributed by atoms with E-state index in [9.17, 15) is 19.2 Å². The molecule has 1 fully saturated rings. The van der Waals surface area contributed by atoms with E-state index >= 15 is 0 Å². The average Bonchev–Trinajstić information content (AvgIpc) is 2.62. The van der Waals surface area contributed by atoms with Crippen molar-refractivity contribution in [2.75, 3.05) is 13.1 Å². The van der Waals surface area contributed by atoms with Gasteiger partial charge in [-0.1, -0.05) is 20.8 Å². The lowest BCUT2D eigenvalue weighted by atomic mass is 9.92. The molecule has 2 aromatic rings. The van der Waals surface area contributed by atoms with Gasteiger partial charge in [0.1, 0.15) is 5.69 Å². The quantitative estimate of drug-likeness (QED) is 0.793. The lowest BCUT2D eigenvalue weighted by Gasteiger charge is -2.32. The van der Waals surface area contributed by atoms with Crippen LogP contribution in [0.3, 0.4) is 0 Å². The molecule has 1 aliphatic heterocycles. The highest BCUT2D eigenvalue weighted by molar-refractivity contribution is 5.92. The minimum Gasteiger partial charge on any atom is -0.337 e. The molecule has 0 aliphatic carbocycles. The van der Waals surface area contributed by atoms with Crippen LogP contribution in [-0.2, 0) is 12.0 Å². The number of carbonyl (C=O) groups is 1. The van der Waals surface area contributed by atoms with Crippen LogP contribution in [0.15, 0.2) is 32.8 Å². The van der Waals surface area contributed by atoms with E-state index in [0.717, 1.165) is 24.6 Å². The molecule has 0 bridgehead atoms. The minimum atomic E-state index is -0.698. The zero-order chi connectivity index (χ0) is 20.5. The van der Waals surface area contributed by atoms with Gasteiger partial charge in [-0.2, -0.15) is 0 Å². The second kappa shape index (κ2) is 7.57. The Morgan fingerprint density at radius 3 is 2.39 bits per heavy atom. The summed E-state index contributed by atoms with van der Waals surface area (Å²) in [4.78, 5) is 58.0. The van der Waals surface area contributed by atoms with E-state index in [-0.39, 0.29) is 28.5 Å². The summed E-state index contributed by atoms with van der Waals surface area (Å²) in [5.74, 6) is -0.114. The van der Waals surface area contributed by atoms with Crippen molar-refractivity contribution < 1.29 is 4.79 Å². The van der Waals surface area contributed by atoms with Gasteiger partial charge < -0.3 is 9.88 Å². The van der Waals surface area contributed by atoms with Gasteiger partial charge in [0.2, 0.25) is 0 Å². The molecule has 0 saturated carbocycles. The standard InChI is InChI=1S/C19H25N5O4/c1-19(2,3)14-9-16(26)24(11-20-14)10-12-4-6-23(7-5-12)17(27)13-8-15(25)22-18(28)21-13/h8-9,11-12H,4-7,10H2,1-3H3,(H2,21,22,25,28). The van der Waals surface area contributed by atoms with Crippen LogP contribution in [0.2, 0.25) is 0 Å². The van der Waals surface area contributed by atoms with Gasteiger partial charge in [-0.3, -0.25) is 23.9 Å². The Morgan fingerprint density at radius 2 is 1.82 bits per heavy atom. The van der Waals surface area contributed by atoms with Crippen molar-refractivity contribution in [3.8, 4) is 0 Å². The highest BCUT2D eigenvalue weighted by Crippen LogP contribution is 2.21. The van der Waals surface area contributed by atoms with Crippen molar-refractivity contribution in [2.24, 2.45) is 5.92 Å². The van der Waals surface area contributed by atoms with Crippen LogP contribution in [0, 0.1) is 5.92 Å². The summed E-state index contributed by atoms with van der Waals surface area (Å²) in [6.07, 6.45) is 3.06. The normalized spacial score (nSPS) is 15.6. The summed E-state index contributed by atoms with van der Waals surface area (Å²) in [7, 11) is 0. The van der Waals surface area contributed by atoms with E-state index in [2.05, 4.69) is 9.97 Å². The summed E-state index contributed by atoms with van der Waals surface area (Å²) in [5, 5.41) is 0. The number of carbonyl (C=O) groups excluding carboxylic acids is 1. The molecule has 9 heteroatoms. The van der Waals surface area contributed by atoms with Crippen LogP contribution in [-0.4, -0.2) is 43.4 Å². The van der Waals surface area contributed by atoms with Crippen LogP contribution in [0.1, 0.15) is 49.8 Å². The summed E-state index contributed by atoms with van der Waals surface area (Å²) in [6.45, 7) is 7.60. The maximum absolute atomic E-state index is 12.5. The monoisotopic (exact) mass is 387 g/mol. The Hall–Kier alpha value is -2.97. The molecular weight excluding hydrogens is 362 g/mol. The van der Waals surface area contributed by atoms with Crippen molar-refractivity contribution in [1.82, 2.24) is 24.4 Å². The third kappa shape index (κ3) is 4.47. The number of amides is 1. The fraction of sp³-hybridized carbons (Fsp3) is 0.526. The zero-order valence-corrected chi connectivity index (χ0v) is 16.3. The third-order valence-corrected chi connectivity index (χ3v) is 5.00. The number of aromatic amines is 2. The van der Waals surface area contributed by atoms with E-state index in [1.165, 1.54) is 0 Å². The molecule has 0 aromatic carbocycles. The Labute approximate surface area is 161 Å². The summed E-state index contributed by atoms with van der Waals surface area (Å²) < 4.78 is 1.62. The highest BCUT2D eigenvalue weighted by atomic mass is 16.2. The largest absolute Gasteiger partial charge is 0.337 e. The van der Waals surface area contributed by atoms with Gasteiger partial charge in [-0.15, -0.1) is 0 Å². The zero-order valence-electron chi connectivity index (χ0n) is 16.3. The number of hydrogen-bond acceptors (Lipinski definition) is 5. The third-order valence-electron chi connectivity index (χ3n) is 5.00. The van der Waals surface area contributed by atoms with Crippen molar-refractivity contribution in [1.29, 1.82) is 0 Å². The van der Waals surface area contributed by atoms with Crippen LogP contribution < -0.4 is 16.8 Å². The summed E-state index contributed by atoms with van der Waals surface area (Å²) in [5.41, 5.74) is -0.792. The Kier molecular flexibility index (Phi) is 5.35. The molecule has 9 nitrogen and oxygen atoms in total. The van der Waals surface area contributed by atoms with E-state index in [1.807, 2.05) is 25.8 Å². The van der Waals surface area contributed by atoms with Gasteiger partial charge in [0.25, 0.3) is 17.0 Å². The smallest absolute Gasteiger partial charge is 0.326 e. The maximum Gasteiger partial charge on any atom is 0.326 e. The van der Waals surface area contributed by atoms with Crippen LogP contribution >= 0.6 is 0 Å². The molecule has 150 valence electrons. The van der Waals surface area contributed by atoms with Gasteiger partial charge in [0.15, 0.2) is 0 Å². The summed E-state index contributed by atoms with van der Waals surface area (Å²) >= 11 is 0. The SMILES string of the molecule is CC(C)(C)c1cc(=O)n(CC2CCN(C(=O)c3cc(=O)[nH]c(=O)[nH]3)CC2)cn1. The number of aromatic nitrogens is 4. The molecule has 1 aliphatic rings. The first-order valence-electron chi connectivity index (χ1n) is 9.33. The van der Waals surface area contributed by atoms with E-state index in [0.29, 0.717) is 19.6 Å². The van der Waals surface area contributed by atoms with Gasteiger partial charge in [0, 0.05) is 37.2 Å². The second-order valence-corrected chi connectivity index (χ2v) is 8.25. The fourth-order valence-corrected chi connectivity index (χ4v) is 3.32.